The smallest absolute Gasteiger partial charge is 0.340 e. The molecule has 15 nitrogen and oxygen atoms in total. The van der Waals surface area contributed by atoms with Crippen LogP contribution in [0.5, 0.6) is 23.0 Å². The van der Waals surface area contributed by atoms with Crippen molar-refractivity contribution in [1.29, 1.82) is 0 Å². The van der Waals surface area contributed by atoms with Crippen molar-refractivity contribution in [1.82, 2.24) is 35.1 Å². The van der Waals surface area contributed by atoms with Gasteiger partial charge >= 0.3 is 17.9 Å². The molecule has 0 saturated carbocycles. The molecule has 10 aromatic rings. The zero-order valence-corrected chi connectivity index (χ0v) is 51.0. The lowest BCUT2D eigenvalue weighted by molar-refractivity contribution is -0.132. The highest BCUT2D eigenvalue weighted by Crippen LogP contribution is 2.62. The molecule has 4 aromatic heterocycles. The number of hydrogen-bond donors (Lipinski definition) is 1. The second-order valence-corrected chi connectivity index (χ2v) is 26.0. The van der Waals surface area contributed by atoms with Crippen LogP contribution in [-0.2, 0) is 59.2 Å². The molecule has 12 rings (SSSR count). The Morgan fingerprint density at radius 3 is 1.27 bits per heavy atom. The van der Waals surface area contributed by atoms with Crippen LogP contribution in [0.4, 0.5) is 0 Å². The van der Waals surface area contributed by atoms with E-state index in [9.17, 15) is 14.4 Å². The van der Waals surface area contributed by atoms with Crippen LogP contribution in [0, 0.1) is 0 Å². The highest BCUT2D eigenvalue weighted by molar-refractivity contribution is 7.95. The summed E-state index contributed by atoms with van der Waals surface area (Å²) >= 11 is 14.9. The maximum atomic E-state index is 15.2. The molecule has 1 N–H and O–H groups in total. The molecule has 89 heavy (non-hydrogen) atoms. The number of amides is 1. The lowest BCUT2D eigenvalue weighted by Crippen LogP contribution is -2.38. The molecule has 2 aliphatic heterocycles. The van der Waals surface area contributed by atoms with Gasteiger partial charge in [0.25, 0.3) is 5.91 Å². The summed E-state index contributed by atoms with van der Waals surface area (Å²) in [4.78, 5) is 79.4. The molecule has 0 bridgehead atoms. The van der Waals surface area contributed by atoms with Gasteiger partial charge in [0.15, 0.2) is 17.1 Å². The SMILES string of the molecule is CC(=O)Oc1c(Cl)cc2c(c1CN(Cc1ccccn1)Cc1ccccn1)Oc1c(cc(Cl)c(OC(C)=O)c1CN(Cc1ccccn1)Cc1ccccn1)C21OC(=O)c2cc(C(=O)NCC[P+](c3ccccc3)(c3ccccc3)c3ccccc3)ccc21. The van der Waals surface area contributed by atoms with Crippen LogP contribution in [0.2, 0.25) is 10.0 Å². The number of esters is 3. The number of pyridine rings is 4. The molecule has 0 saturated heterocycles. The first-order chi connectivity index (χ1) is 43.4. The second kappa shape index (κ2) is 26.5. The van der Waals surface area contributed by atoms with E-state index in [0.717, 1.165) is 22.8 Å². The van der Waals surface area contributed by atoms with Crippen LogP contribution in [0.1, 0.15) is 85.2 Å². The van der Waals surface area contributed by atoms with Crippen molar-refractivity contribution in [2.75, 3.05) is 12.7 Å². The molecule has 2 aliphatic rings. The van der Waals surface area contributed by atoms with Crippen molar-refractivity contribution in [2.45, 2.75) is 58.7 Å². The van der Waals surface area contributed by atoms with Gasteiger partial charge in [0, 0.05) is 100 Å². The largest absolute Gasteiger partial charge is 0.455 e. The van der Waals surface area contributed by atoms with Crippen LogP contribution in [0.15, 0.2) is 219 Å². The van der Waals surface area contributed by atoms with Crippen LogP contribution >= 0.6 is 30.5 Å². The average molecular weight is 1240 g/mol. The van der Waals surface area contributed by atoms with Gasteiger partial charge in [-0.05, 0) is 109 Å². The molecule has 18 heteroatoms. The Balaban J connectivity index is 1.02. The highest BCUT2D eigenvalue weighted by Gasteiger charge is 2.56. The van der Waals surface area contributed by atoms with E-state index in [2.05, 4.69) is 71.5 Å². The molecule has 0 radical (unpaired) electrons. The quantitative estimate of drug-likeness (QED) is 0.0408. The first-order valence-electron chi connectivity index (χ1n) is 28.9. The summed E-state index contributed by atoms with van der Waals surface area (Å²) in [5.74, 6) is -2.29. The van der Waals surface area contributed by atoms with Gasteiger partial charge in [0.05, 0.1) is 62.2 Å². The summed E-state index contributed by atoms with van der Waals surface area (Å²) in [5.41, 5.74) is 2.69. The average Bonchev–Trinajstić information content (AvgIpc) is 1.65. The zero-order valence-electron chi connectivity index (χ0n) is 48.6. The number of aromatic nitrogens is 4. The molecule has 1 spiro atoms. The molecule has 444 valence electrons. The van der Waals surface area contributed by atoms with Crippen LogP contribution in [-0.4, -0.2) is 66.3 Å². The monoisotopic (exact) mass is 1240 g/mol. The standard InChI is InChI=1S/C71H58Cl2N7O8P/c1-47(81)85-67-58(45-79(41-50-20-12-16-32-74-50)42-51-21-13-17-33-75-51)65-61(39-63(67)72)71(62-40-64(73)68(86-48(2)82)59(66(62)87-65)46-80(43-52-22-14-18-34-76-52)44-53-23-15-19-35-77-53)60-31-30-49(38-57(60)70(84)88-71)69(83)78-36-37-89(54-24-6-3-7-25-54,55-26-8-4-9-27-55)56-28-10-5-11-29-56/h3-35,38-40H,36-37,41-46H2,1-2H3/p+1. The van der Waals surface area contributed by atoms with Gasteiger partial charge in [-0.3, -0.25) is 44.1 Å². The molecular weight excluding hydrogens is 1180 g/mol. The van der Waals surface area contributed by atoms with E-state index in [1.54, 1.807) is 55.1 Å². The fourth-order valence-electron chi connectivity index (χ4n) is 11.9. The third-order valence-electron chi connectivity index (χ3n) is 15.7. The van der Waals surface area contributed by atoms with Crippen molar-refractivity contribution >= 4 is 70.2 Å². The molecule has 0 aliphatic carbocycles. The second-order valence-electron chi connectivity index (χ2n) is 21.6. The van der Waals surface area contributed by atoms with E-state index in [1.165, 1.54) is 29.8 Å². The Kier molecular flexibility index (Phi) is 17.8. The Morgan fingerprint density at radius 1 is 0.506 bits per heavy atom. The topological polar surface area (TPSA) is 175 Å². The van der Waals surface area contributed by atoms with Crippen molar-refractivity contribution in [3.05, 3.63) is 291 Å². The lowest BCUT2D eigenvalue weighted by Gasteiger charge is -2.40. The lowest BCUT2D eigenvalue weighted by atomic mass is 9.76. The Morgan fingerprint density at radius 2 is 0.899 bits per heavy atom. The number of nitrogens with zero attached hydrogens (tertiary/aromatic N) is 6. The number of rotatable bonds is 21. The van der Waals surface area contributed by atoms with Crippen LogP contribution in [0.3, 0.4) is 0 Å². The van der Waals surface area contributed by atoms with Crippen molar-refractivity contribution in [3.63, 3.8) is 0 Å². The molecule has 1 amide bonds. The predicted molar refractivity (Wildman–Crippen MR) is 343 cm³/mol. The maximum absolute atomic E-state index is 15.2. The van der Waals surface area contributed by atoms with E-state index >= 15 is 4.79 Å². The minimum atomic E-state index is -2.33. The molecular formula is C71H59Cl2N7O8P+. The van der Waals surface area contributed by atoms with E-state index in [-0.39, 0.29) is 94.6 Å². The maximum Gasteiger partial charge on any atom is 0.340 e. The summed E-state index contributed by atoms with van der Waals surface area (Å²) < 4.78 is 26.5. The van der Waals surface area contributed by atoms with E-state index in [1.807, 2.05) is 127 Å². The number of halogens is 2. The number of hydrogen-bond acceptors (Lipinski definition) is 14. The minimum Gasteiger partial charge on any atom is -0.455 e. The van der Waals surface area contributed by atoms with E-state index < -0.39 is 36.7 Å². The Hall–Kier alpha value is -9.47. The molecule has 0 unspecified atom stereocenters. The molecule has 6 heterocycles. The van der Waals surface area contributed by atoms with Crippen LogP contribution < -0.4 is 35.4 Å². The summed E-state index contributed by atoms with van der Waals surface area (Å²) in [6.45, 7) is 3.96. The van der Waals surface area contributed by atoms with Gasteiger partial charge < -0.3 is 24.3 Å². The number of carbonyl (C=O) groups is 4. The number of fused-ring (bicyclic) bond motifs is 6. The van der Waals surface area contributed by atoms with Gasteiger partial charge in [-0.2, -0.15) is 0 Å². The van der Waals surface area contributed by atoms with Crippen molar-refractivity contribution in [3.8, 4) is 23.0 Å². The highest BCUT2D eigenvalue weighted by atomic mass is 35.5. The van der Waals surface area contributed by atoms with Gasteiger partial charge in [0.2, 0.25) is 0 Å². The molecule has 6 aromatic carbocycles. The van der Waals surface area contributed by atoms with Gasteiger partial charge in [0.1, 0.15) is 34.7 Å². The van der Waals surface area contributed by atoms with Crippen molar-refractivity contribution in [2.24, 2.45) is 0 Å². The molecule has 0 fully saturated rings. The fourth-order valence-corrected chi connectivity index (χ4v) is 16.6. The third-order valence-corrected chi connectivity index (χ3v) is 20.7. The fraction of sp³-hybridized carbons (Fsp3) is 0.155. The van der Waals surface area contributed by atoms with Crippen molar-refractivity contribution < 1.29 is 38.1 Å². The van der Waals surface area contributed by atoms with E-state index in [0.29, 0.717) is 29.4 Å². The number of carbonyl (C=O) groups excluding carboxylic acids is 4. The van der Waals surface area contributed by atoms with Crippen LogP contribution in [0.25, 0.3) is 0 Å². The Labute approximate surface area is 525 Å². The number of benzene rings is 6. The summed E-state index contributed by atoms with van der Waals surface area (Å²) in [7, 11) is -2.33. The number of ether oxygens (including phenoxy) is 4. The Bertz CT molecular complexity index is 3880. The summed E-state index contributed by atoms with van der Waals surface area (Å²) in [6, 6.07) is 61.8. The number of nitrogens with one attached hydrogen (secondary N) is 1. The predicted octanol–water partition coefficient (Wildman–Crippen LogP) is 12.1. The van der Waals surface area contributed by atoms with Gasteiger partial charge in [-0.25, -0.2) is 4.79 Å². The van der Waals surface area contributed by atoms with E-state index in [4.69, 9.17) is 42.1 Å². The van der Waals surface area contributed by atoms with Gasteiger partial charge in [-0.15, -0.1) is 0 Å². The normalized spacial score (nSPS) is 12.8. The molecule has 0 atom stereocenters. The first kappa shape index (κ1) is 59.8. The third kappa shape index (κ3) is 12.5. The first-order valence-corrected chi connectivity index (χ1v) is 31.6. The summed E-state index contributed by atoms with van der Waals surface area (Å²) in [5, 5.41) is 6.73. The van der Waals surface area contributed by atoms with Gasteiger partial charge in [-0.1, -0.05) is 108 Å². The summed E-state index contributed by atoms with van der Waals surface area (Å²) in [6.07, 6.45) is 7.42. The zero-order chi connectivity index (χ0) is 61.5. The minimum absolute atomic E-state index is 0.00241.